The Morgan fingerprint density at radius 3 is 2.04 bits per heavy atom. The molecule has 0 fully saturated rings. The first kappa shape index (κ1) is 20.2. The fourth-order valence-electron chi connectivity index (χ4n) is 2.34. The van der Waals surface area contributed by atoms with Crippen molar-refractivity contribution in [3.63, 3.8) is 0 Å². The molecule has 0 bridgehead atoms. The second-order valence-corrected chi connectivity index (χ2v) is 5.94. The summed E-state index contributed by atoms with van der Waals surface area (Å²) < 4.78 is 10.3. The van der Waals surface area contributed by atoms with Crippen LogP contribution in [0.5, 0.6) is 0 Å². The monoisotopic (exact) mass is 334 g/mol. The summed E-state index contributed by atoms with van der Waals surface area (Å²) in [6.45, 7) is 3.06. The molecule has 0 atom stereocenters. The third-order valence-corrected chi connectivity index (χ3v) is 3.74. The van der Waals surface area contributed by atoms with E-state index in [9.17, 15) is 9.59 Å². The average Bonchev–Trinajstić information content (AvgIpc) is 2.59. The highest BCUT2D eigenvalue weighted by atomic mass is 16.5. The van der Waals surface area contributed by atoms with E-state index in [1.54, 1.807) is 0 Å². The maximum Gasteiger partial charge on any atom is 0.305 e. The summed E-state index contributed by atoms with van der Waals surface area (Å²) in [5, 5.41) is 0. The predicted octanol–water partition coefficient (Wildman–Crippen LogP) is 4.46. The van der Waals surface area contributed by atoms with E-state index in [0.717, 1.165) is 25.7 Å². The normalized spacial score (nSPS) is 10.4. The second-order valence-electron chi connectivity index (χ2n) is 5.94. The van der Waals surface area contributed by atoms with Crippen molar-refractivity contribution in [3.8, 4) is 0 Å². The van der Waals surface area contributed by atoms with E-state index in [0.29, 0.717) is 19.6 Å². The van der Waals surface area contributed by atoms with Crippen LogP contribution in [0.1, 0.15) is 63.9 Å². The molecule has 0 heterocycles. The summed E-state index contributed by atoms with van der Waals surface area (Å²) in [5.41, 5.74) is 1.25. The summed E-state index contributed by atoms with van der Waals surface area (Å²) >= 11 is 0. The Balaban J connectivity index is 1.94. The molecular formula is C20H30O4. The van der Waals surface area contributed by atoms with Gasteiger partial charge in [-0.1, -0.05) is 56.5 Å². The molecule has 1 aromatic rings. The molecule has 0 saturated heterocycles. The van der Waals surface area contributed by atoms with Gasteiger partial charge in [0.05, 0.1) is 13.2 Å². The van der Waals surface area contributed by atoms with Crippen LogP contribution in [-0.2, 0) is 25.5 Å². The van der Waals surface area contributed by atoms with E-state index in [2.05, 4.69) is 19.1 Å². The Morgan fingerprint density at radius 1 is 0.792 bits per heavy atom. The SMILES string of the molecule is CCCCCCOC(=O)CCCC(=O)OCCCc1ccccc1. The molecule has 1 rings (SSSR count). The smallest absolute Gasteiger partial charge is 0.305 e. The van der Waals surface area contributed by atoms with Crippen LogP contribution in [0.25, 0.3) is 0 Å². The van der Waals surface area contributed by atoms with Gasteiger partial charge in [0, 0.05) is 12.8 Å². The lowest BCUT2D eigenvalue weighted by atomic mass is 10.1. The van der Waals surface area contributed by atoms with Gasteiger partial charge in [0.25, 0.3) is 0 Å². The molecule has 0 aliphatic rings. The van der Waals surface area contributed by atoms with Gasteiger partial charge in [0.2, 0.25) is 0 Å². The molecule has 0 saturated carbocycles. The van der Waals surface area contributed by atoms with Gasteiger partial charge in [0.15, 0.2) is 0 Å². The maximum atomic E-state index is 11.6. The fraction of sp³-hybridized carbons (Fsp3) is 0.600. The third kappa shape index (κ3) is 10.8. The zero-order chi connectivity index (χ0) is 17.5. The van der Waals surface area contributed by atoms with Crippen molar-refractivity contribution in [1.29, 1.82) is 0 Å². The molecule has 24 heavy (non-hydrogen) atoms. The molecule has 0 N–H and O–H groups in total. The lowest BCUT2D eigenvalue weighted by Gasteiger charge is -2.06. The molecule has 0 spiro atoms. The number of carbonyl (C=O) groups is 2. The number of rotatable bonds is 13. The second kappa shape index (κ2) is 13.6. The minimum atomic E-state index is -0.237. The minimum Gasteiger partial charge on any atom is -0.466 e. The van der Waals surface area contributed by atoms with Crippen LogP contribution in [0.3, 0.4) is 0 Å². The zero-order valence-corrected chi connectivity index (χ0v) is 14.8. The molecule has 0 aliphatic heterocycles. The summed E-state index contributed by atoms with van der Waals surface area (Å²) in [6, 6.07) is 10.1. The lowest BCUT2D eigenvalue weighted by molar-refractivity contribution is -0.145. The van der Waals surface area contributed by atoms with Gasteiger partial charge < -0.3 is 9.47 Å². The van der Waals surface area contributed by atoms with Crippen molar-refractivity contribution in [1.82, 2.24) is 0 Å². The van der Waals surface area contributed by atoms with E-state index >= 15 is 0 Å². The number of benzene rings is 1. The zero-order valence-electron chi connectivity index (χ0n) is 14.8. The van der Waals surface area contributed by atoms with Crippen LogP contribution >= 0.6 is 0 Å². The molecular weight excluding hydrogens is 304 g/mol. The highest BCUT2D eigenvalue weighted by Gasteiger charge is 2.07. The van der Waals surface area contributed by atoms with Gasteiger partial charge in [-0.2, -0.15) is 0 Å². The molecule has 4 heteroatoms. The van der Waals surface area contributed by atoms with Gasteiger partial charge in [-0.05, 0) is 31.2 Å². The first-order valence-electron chi connectivity index (χ1n) is 9.07. The number of unbranched alkanes of at least 4 members (excludes halogenated alkanes) is 3. The number of ether oxygens (including phenoxy) is 2. The van der Waals surface area contributed by atoms with E-state index in [-0.39, 0.29) is 24.8 Å². The van der Waals surface area contributed by atoms with Crippen LogP contribution in [-0.4, -0.2) is 25.2 Å². The van der Waals surface area contributed by atoms with Crippen LogP contribution < -0.4 is 0 Å². The van der Waals surface area contributed by atoms with Crippen molar-refractivity contribution in [2.45, 2.75) is 64.7 Å². The Kier molecular flexibility index (Phi) is 11.4. The third-order valence-electron chi connectivity index (χ3n) is 3.74. The Labute approximate surface area is 145 Å². The van der Waals surface area contributed by atoms with Gasteiger partial charge in [-0.25, -0.2) is 0 Å². The van der Waals surface area contributed by atoms with Gasteiger partial charge >= 0.3 is 11.9 Å². The summed E-state index contributed by atoms with van der Waals surface area (Å²) in [6.07, 6.45) is 7.12. The average molecular weight is 334 g/mol. The summed E-state index contributed by atoms with van der Waals surface area (Å²) in [7, 11) is 0. The van der Waals surface area contributed by atoms with E-state index in [4.69, 9.17) is 9.47 Å². The number of hydrogen-bond donors (Lipinski definition) is 0. The quantitative estimate of drug-likeness (QED) is 0.395. The molecule has 4 nitrogen and oxygen atoms in total. The highest BCUT2D eigenvalue weighted by molar-refractivity contribution is 5.72. The van der Waals surface area contributed by atoms with Gasteiger partial charge in [0.1, 0.15) is 0 Å². The van der Waals surface area contributed by atoms with Crippen LogP contribution in [0.2, 0.25) is 0 Å². The van der Waals surface area contributed by atoms with Crippen molar-refractivity contribution < 1.29 is 19.1 Å². The minimum absolute atomic E-state index is 0.219. The number of esters is 2. The first-order chi connectivity index (χ1) is 11.7. The van der Waals surface area contributed by atoms with Crippen molar-refractivity contribution in [3.05, 3.63) is 35.9 Å². The summed E-state index contributed by atoms with van der Waals surface area (Å²) in [5.74, 6) is -0.456. The maximum absolute atomic E-state index is 11.6. The summed E-state index contributed by atoms with van der Waals surface area (Å²) in [4.78, 5) is 23.1. The molecule has 1 aromatic carbocycles. The van der Waals surface area contributed by atoms with Crippen molar-refractivity contribution >= 4 is 11.9 Å². The molecule has 0 aliphatic carbocycles. The first-order valence-corrected chi connectivity index (χ1v) is 9.07. The van der Waals surface area contributed by atoms with Crippen LogP contribution in [0.15, 0.2) is 30.3 Å². The fourth-order valence-corrected chi connectivity index (χ4v) is 2.34. The molecule has 0 unspecified atom stereocenters. The van der Waals surface area contributed by atoms with E-state index < -0.39 is 0 Å². The lowest BCUT2D eigenvalue weighted by Crippen LogP contribution is -2.09. The van der Waals surface area contributed by atoms with Gasteiger partial charge in [-0.15, -0.1) is 0 Å². The number of carbonyl (C=O) groups excluding carboxylic acids is 2. The van der Waals surface area contributed by atoms with Crippen LogP contribution in [0, 0.1) is 0 Å². The Morgan fingerprint density at radius 2 is 1.42 bits per heavy atom. The van der Waals surface area contributed by atoms with E-state index in [1.807, 2.05) is 18.2 Å². The largest absolute Gasteiger partial charge is 0.466 e. The van der Waals surface area contributed by atoms with Crippen molar-refractivity contribution in [2.75, 3.05) is 13.2 Å². The standard InChI is InChI=1S/C20H30O4/c1-2-3-4-8-16-23-19(21)14-9-15-20(22)24-17-10-13-18-11-6-5-7-12-18/h5-7,11-12H,2-4,8-10,13-17H2,1H3. The van der Waals surface area contributed by atoms with Crippen molar-refractivity contribution in [2.24, 2.45) is 0 Å². The Hall–Kier alpha value is -1.84. The molecule has 0 radical (unpaired) electrons. The number of aryl methyl sites for hydroxylation is 1. The number of hydrogen-bond acceptors (Lipinski definition) is 4. The topological polar surface area (TPSA) is 52.6 Å². The van der Waals surface area contributed by atoms with Gasteiger partial charge in [-0.3, -0.25) is 9.59 Å². The van der Waals surface area contributed by atoms with E-state index in [1.165, 1.54) is 18.4 Å². The highest BCUT2D eigenvalue weighted by Crippen LogP contribution is 2.05. The molecule has 0 amide bonds. The predicted molar refractivity (Wildman–Crippen MR) is 94.7 cm³/mol. The molecule has 134 valence electrons. The Bertz CT molecular complexity index is 456. The molecule has 0 aromatic heterocycles. The van der Waals surface area contributed by atoms with Crippen LogP contribution in [0.4, 0.5) is 0 Å².